The van der Waals surface area contributed by atoms with Crippen LogP contribution in [0.25, 0.3) is 0 Å². The molecule has 1 saturated heterocycles. The second-order valence-electron chi connectivity index (χ2n) is 2.33. The maximum Gasteiger partial charge on any atom is 0.0186 e. The number of fused-ring (bicyclic) bond motifs is 1. The van der Waals surface area contributed by atoms with Crippen molar-refractivity contribution in [3.05, 3.63) is 23.9 Å². The maximum absolute atomic E-state index is 3.32. The van der Waals surface area contributed by atoms with Crippen molar-refractivity contribution in [1.29, 1.82) is 0 Å². The summed E-state index contributed by atoms with van der Waals surface area (Å²) in [4.78, 5) is 0. The molecular formula is C7H10ClN. The Balaban J connectivity index is 0.000000405. The van der Waals surface area contributed by atoms with Crippen molar-refractivity contribution in [3.8, 4) is 0 Å². The first-order valence-corrected chi connectivity index (χ1v) is 3.09. The summed E-state index contributed by atoms with van der Waals surface area (Å²) in [6.07, 6.45) is 7.85. The maximum atomic E-state index is 3.32. The van der Waals surface area contributed by atoms with Gasteiger partial charge in [0.25, 0.3) is 0 Å². The van der Waals surface area contributed by atoms with E-state index in [0.29, 0.717) is 0 Å². The molecule has 2 rings (SSSR count). The Morgan fingerprint density at radius 3 is 3.22 bits per heavy atom. The van der Waals surface area contributed by atoms with Gasteiger partial charge in [-0.3, -0.25) is 0 Å². The minimum absolute atomic E-state index is 0. The van der Waals surface area contributed by atoms with Gasteiger partial charge in [-0.25, -0.2) is 0 Å². The van der Waals surface area contributed by atoms with Gasteiger partial charge in [0.05, 0.1) is 0 Å². The molecule has 2 aliphatic rings. The van der Waals surface area contributed by atoms with E-state index < -0.39 is 0 Å². The van der Waals surface area contributed by atoms with Gasteiger partial charge in [0.2, 0.25) is 0 Å². The van der Waals surface area contributed by atoms with Crippen LogP contribution in [-0.2, 0) is 0 Å². The highest BCUT2D eigenvalue weighted by molar-refractivity contribution is 5.85. The third-order valence-electron chi connectivity index (χ3n) is 1.80. The van der Waals surface area contributed by atoms with E-state index in [1.54, 1.807) is 0 Å². The van der Waals surface area contributed by atoms with Crippen molar-refractivity contribution in [2.24, 2.45) is 5.92 Å². The lowest BCUT2D eigenvalue weighted by Crippen LogP contribution is -2.03. The van der Waals surface area contributed by atoms with Gasteiger partial charge in [0, 0.05) is 18.2 Å². The number of hydrogen-bond acceptors (Lipinski definition) is 1. The van der Waals surface area contributed by atoms with E-state index >= 15 is 0 Å². The van der Waals surface area contributed by atoms with Gasteiger partial charge in [-0.1, -0.05) is 12.2 Å². The summed E-state index contributed by atoms with van der Waals surface area (Å²) >= 11 is 0. The van der Waals surface area contributed by atoms with Crippen molar-refractivity contribution >= 4 is 12.4 Å². The Kier molecular flexibility index (Phi) is 1.81. The molecule has 9 heavy (non-hydrogen) atoms. The van der Waals surface area contributed by atoms with E-state index in [1.807, 2.05) is 0 Å². The predicted octanol–water partition coefficient (Wildman–Crippen LogP) is 1.47. The molecule has 0 radical (unpaired) electrons. The Bertz CT molecular complexity index is 160. The van der Waals surface area contributed by atoms with Gasteiger partial charge in [0.1, 0.15) is 0 Å². The van der Waals surface area contributed by atoms with E-state index in [2.05, 4.69) is 23.5 Å². The molecule has 1 heterocycles. The average Bonchev–Trinajstić information content (AvgIpc) is 2.15. The number of nitrogens with one attached hydrogen (secondary N) is 1. The zero-order valence-corrected chi connectivity index (χ0v) is 5.95. The van der Waals surface area contributed by atoms with Crippen LogP contribution in [0.1, 0.15) is 6.42 Å². The van der Waals surface area contributed by atoms with Crippen LogP contribution in [0.15, 0.2) is 23.9 Å². The number of hydrogen-bond donors (Lipinski definition) is 1. The quantitative estimate of drug-likeness (QED) is 0.542. The summed E-state index contributed by atoms with van der Waals surface area (Å²) in [5.74, 6) is 0.745. The number of rotatable bonds is 0. The lowest BCUT2D eigenvalue weighted by molar-refractivity contribution is 0.805. The molecule has 50 valence electrons. The van der Waals surface area contributed by atoms with Crippen LogP contribution in [-0.4, -0.2) is 6.54 Å². The molecule has 0 aromatic rings. The van der Waals surface area contributed by atoms with Crippen LogP contribution in [0.4, 0.5) is 0 Å². The second kappa shape index (κ2) is 2.44. The van der Waals surface area contributed by atoms with Crippen molar-refractivity contribution in [2.75, 3.05) is 6.54 Å². The Morgan fingerprint density at radius 1 is 1.56 bits per heavy atom. The van der Waals surface area contributed by atoms with E-state index in [4.69, 9.17) is 0 Å². The zero-order chi connectivity index (χ0) is 5.40. The summed E-state index contributed by atoms with van der Waals surface area (Å²) in [6, 6.07) is 0. The summed E-state index contributed by atoms with van der Waals surface area (Å²) < 4.78 is 0. The smallest absolute Gasteiger partial charge is 0.0186 e. The molecule has 1 atom stereocenters. The Hall–Kier alpha value is -0.430. The monoisotopic (exact) mass is 143 g/mol. The molecule has 1 unspecified atom stereocenters. The third-order valence-corrected chi connectivity index (χ3v) is 1.80. The summed E-state index contributed by atoms with van der Waals surface area (Å²) in [5, 5.41) is 3.32. The lowest BCUT2D eigenvalue weighted by Gasteiger charge is -1.96. The van der Waals surface area contributed by atoms with Crippen LogP contribution >= 0.6 is 12.4 Å². The summed E-state index contributed by atoms with van der Waals surface area (Å²) in [6.45, 7) is 1.17. The molecule has 0 spiro atoms. The van der Waals surface area contributed by atoms with Crippen LogP contribution in [0.5, 0.6) is 0 Å². The molecule has 1 N–H and O–H groups in total. The molecule has 1 aliphatic carbocycles. The van der Waals surface area contributed by atoms with Gasteiger partial charge >= 0.3 is 0 Å². The van der Waals surface area contributed by atoms with E-state index in [-0.39, 0.29) is 12.4 Å². The van der Waals surface area contributed by atoms with Crippen molar-refractivity contribution in [1.82, 2.24) is 5.32 Å². The van der Waals surface area contributed by atoms with Crippen molar-refractivity contribution < 1.29 is 0 Å². The van der Waals surface area contributed by atoms with Gasteiger partial charge in [-0.15, -0.1) is 12.4 Å². The molecular weight excluding hydrogens is 134 g/mol. The second-order valence-corrected chi connectivity index (χ2v) is 2.33. The predicted molar refractivity (Wildman–Crippen MR) is 40.6 cm³/mol. The molecule has 0 aromatic carbocycles. The lowest BCUT2D eigenvalue weighted by atomic mass is 10.1. The van der Waals surface area contributed by atoms with Crippen molar-refractivity contribution in [2.45, 2.75) is 6.42 Å². The molecule has 1 aliphatic heterocycles. The van der Waals surface area contributed by atoms with E-state index in [9.17, 15) is 0 Å². The van der Waals surface area contributed by atoms with Crippen LogP contribution in [0.2, 0.25) is 0 Å². The number of allylic oxidation sites excluding steroid dienone is 3. The molecule has 1 fully saturated rings. The SMILES string of the molecule is C1=CC2CCNC2=C1.Cl. The highest BCUT2D eigenvalue weighted by Gasteiger charge is 2.18. The first kappa shape index (κ1) is 6.69. The van der Waals surface area contributed by atoms with Crippen LogP contribution in [0.3, 0.4) is 0 Å². The largest absolute Gasteiger partial charge is 0.388 e. The molecule has 0 bridgehead atoms. The standard InChI is InChI=1S/C7H9N.ClH/c1-2-6-4-5-8-7(6)3-1;/h1-3,6,8H,4-5H2;1H. The van der Waals surface area contributed by atoms with E-state index in [0.717, 1.165) is 5.92 Å². The topological polar surface area (TPSA) is 12.0 Å². The Labute approximate surface area is 61.2 Å². The number of halogens is 1. The highest BCUT2D eigenvalue weighted by Crippen LogP contribution is 2.24. The molecule has 0 aromatic heterocycles. The van der Waals surface area contributed by atoms with Crippen LogP contribution < -0.4 is 5.32 Å². The van der Waals surface area contributed by atoms with Crippen LogP contribution in [0, 0.1) is 5.92 Å². The molecule has 0 saturated carbocycles. The zero-order valence-electron chi connectivity index (χ0n) is 5.13. The van der Waals surface area contributed by atoms with Gasteiger partial charge in [-0.05, 0) is 12.5 Å². The minimum Gasteiger partial charge on any atom is -0.388 e. The summed E-state index contributed by atoms with van der Waals surface area (Å²) in [5.41, 5.74) is 1.42. The fraction of sp³-hybridized carbons (Fsp3) is 0.429. The first-order chi connectivity index (χ1) is 3.97. The fourth-order valence-electron chi connectivity index (χ4n) is 1.33. The summed E-state index contributed by atoms with van der Waals surface area (Å²) in [7, 11) is 0. The fourth-order valence-corrected chi connectivity index (χ4v) is 1.33. The average molecular weight is 144 g/mol. The highest BCUT2D eigenvalue weighted by atomic mass is 35.5. The van der Waals surface area contributed by atoms with E-state index in [1.165, 1.54) is 18.7 Å². The third kappa shape index (κ3) is 0.969. The minimum atomic E-state index is 0. The van der Waals surface area contributed by atoms with Crippen molar-refractivity contribution in [3.63, 3.8) is 0 Å². The molecule has 2 heteroatoms. The molecule has 0 amide bonds. The van der Waals surface area contributed by atoms with Gasteiger partial charge in [0.15, 0.2) is 0 Å². The Morgan fingerprint density at radius 2 is 2.44 bits per heavy atom. The normalized spacial score (nSPS) is 28.4. The van der Waals surface area contributed by atoms with Gasteiger partial charge in [-0.2, -0.15) is 0 Å². The first-order valence-electron chi connectivity index (χ1n) is 3.09. The van der Waals surface area contributed by atoms with Gasteiger partial charge < -0.3 is 5.32 Å². The molecule has 1 nitrogen and oxygen atoms in total.